The molecule has 0 aliphatic carbocycles. The van der Waals surface area contributed by atoms with Crippen molar-refractivity contribution in [3.63, 3.8) is 0 Å². The van der Waals surface area contributed by atoms with Gasteiger partial charge in [-0.15, -0.1) is 0 Å². The number of rotatable bonds is 6. The number of hydrogen-bond donors (Lipinski definition) is 1. The summed E-state index contributed by atoms with van der Waals surface area (Å²) in [6.45, 7) is 2.02. The lowest BCUT2D eigenvalue weighted by Crippen LogP contribution is -2.32. The van der Waals surface area contributed by atoms with Gasteiger partial charge in [-0.25, -0.2) is 9.29 Å². The first-order valence-corrected chi connectivity index (χ1v) is 10.4. The van der Waals surface area contributed by atoms with E-state index in [1.807, 2.05) is 19.1 Å². The van der Waals surface area contributed by atoms with Crippen LogP contribution in [0.5, 0.6) is 5.75 Å². The van der Waals surface area contributed by atoms with E-state index in [2.05, 4.69) is 5.32 Å². The van der Waals surface area contributed by atoms with Crippen molar-refractivity contribution in [1.29, 1.82) is 0 Å². The largest absolute Gasteiger partial charge is 0.495 e. The van der Waals surface area contributed by atoms with E-state index in [0.717, 1.165) is 16.9 Å². The zero-order valence-electron chi connectivity index (χ0n) is 17.5. The molecule has 0 saturated heterocycles. The van der Waals surface area contributed by atoms with Gasteiger partial charge in [-0.2, -0.15) is 0 Å². The molecule has 3 aromatic carbocycles. The van der Waals surface area contributed by atoms with Crippen LogP contribution in [-0.2, 0) is 16.0 Å². The zero-order chi connectivity index (χ0) is 22.8. The van der Waals surface area contributed by atoms with Crippen LogP contribution < -0.4 is 15.0 Å². The number of imide groups is 1. The summed E-state index contributed by atoms with van der Waals surface area (Å²) in [5, 5.41) is 3.46. The topological polar surface area (TPSA) is 58.6 Å². The lowest BCUT2D eigenvalue weighted by molar-refractivity contribution is -0.120. The Balaban J connectivity index is 1.83. The fraction of sp³-hybridized carbons (Fsp3) is 0.120. The van der Waals surface area contributed by atoms with Gasteiger partial charge in [-0.1, -0.05) is 42.8 Å². The van der Waals surface area contributed by atoms with E-state index in [1.165, 1.54) is 31.4 Å². The summed E-state index contributed by atoms with van der Waals surface area (Å²) in [6, 6.07) is 17.6. The number of hydrogen-bond acceptors (Lipinski definition) is 4. The van der Waals surface area contributed by atoms with Crippen LogP contribution in [0.4, 0.5) is 15.8 Å². The Morgan fingerprint density at radius 2 is 1.66 bits per heavy atom. The Kier molecular flexibility index (Phi) is 5.97. The predicted molar refractivity (Wildman–Crippen MR) is 123 cm³/mol. The number of benzene rings is 3. The van der Waals surface area contributed by atoms with Gasteiger partial charge < -0.3 is 10.1 Å². The van der Waals surface area contributed by atoms with Crippen LogP contribution in [0.2, 0.25) is 5.02 Å². The van der Waals surface area contributed by atoms with Crippen LogP contribution >= 0.6 is 11.6 Å². The molecule has 0 atom stereocenters. The van der Waals surface area contributed by atoms with Gasteiger partial charge in [0.15, 0.2) is 0 Å². The highest BCUT2D eigenvalue weighted by molar-refractivity contribution is 6.46. The average Bonchev–Trinajstić information content (AvgIpc) is 3.04. The van der Waals surface area contributed by atoms with Crippen LogP contribution in [0.3, 0.4) is 0 Å². The Morgan fingerprint density at radius 3 is 2.28 bits per heavy atom. The van der Waals surface area contributed by atoms with Crippen molar-refractivity contribution < 1.29 is 18.7 Å². The second kappa shape index (κ2) is 8.85. The maximum atomic E-state index is 13.5. The van der Waals surface area contributed by atoms with Crippen molar-refractivity contribution in [2.45, 2.75) is 13.3 Å². The van der Waals surface area contributed by atoms with E-state index < -0.39 is 17.6 Å². The van der Waals surface area contributed by atoms with Gasteiger partial charge in [0.25, 0.3) is 11.8 Å². The van der Waals surface area contributed by atoms with Crippen LogP contribution in [0.1, 0.15) is 18.1 Å². The van der Waals surface area contributed by atoms with Crippen molar-refractivity contribution in [2.75, 3.05) is 17.3 Å². The lowest BCUT2D eigenvalue weighted by atomic mass is 10.0. The number of nitrogens with zero attached hydrogens (tertiary/aromatic N) is 1. The lowest BCUT2D eigenvalue weighted by Gasteiger charge is -2.16. The number of methoxy groups -OCH3 is 1. The smallest absolute Gasteiger partial charge is 0.282 e. The number of halogens is 2. The number of carbonyl (C=O) groups excluding carboxylic acids is 2. The number of carbonyl (C=O) groups is 2. The fourth-order valence-electron chi connectivity index (χ4n) is 3.56. The first kappa shape index (κ1) is 21.6. The monoisotopic (exact) mass is 450 g/mol. The summed E-state index contributed by atoms with van der Waals surface area (Å²) in [4.78, 5) is 28.0. The molecule has 1 aliphatic rings. The molecule has 0 spiro atoms. The normalized spacial score (nSPS) is 13.7. The molecule has 0 saturated carbocycles. The molecule has 0 bridgehead atoms. The van der Waals surface area contributed by atoms with Gasteiger partial charge in [0.2, 0.25) is 0 Å². The third kappa shape index (κ3) is 3.97. The summed E-state index contributed by atoms with van der Waals surface area (Å²) in [5.41, 5.74) is 2.58. The molecule has 32 heavy (non-hydrogen) atoms. The quantitative estimate of drug-likeness (QED) is 0.507. The highest BCUT2D eigenvalue weighted by Crippen LogP contribution is 2.36. The fourth-order valence-corrected chi connectivity index (χ4v) is 3.73. The summed E-state index contributed by atoms with van der Waals surface area (Å²) in [5.74, 6) is -1.02. The van der Waals surface area contributed by atoms with Gasteiger partial charge in [0.1, 0.15) is 17.3 Å². The van der Waals surface area contributed by atoms with Gasteiger partial charge in [0.05, 0.1) is 24.1 Å². The summed E-state index contributed by atoms with van der Waals surface area (Å²) in [7, 11) is 1.49. The third-order valence-electron chi connectivity index (χ3n) is 5.24. The molecule has 0 radical (unpaired) electrons. The van der Waals surface area contributed by atoms with Gasteiger partial charge in [-0.05, 0) is 60.0 Å². The van der Waals surface area contributed by atoms with E-state index in [0.29, 0.717) is 27.7 Å². The number of amides is 2. The minimum atomic E-state index is -0.527. The molecule has 3 aromatic rings. The number of nitrogens with one attached hydrogen (secondary N) is 1. The Bertz CT molecular complexity index is 1220. The van der Waals surface area contributed by atoms with Crippen molar-refractivity contribution in [3.05, 3.63) is 94.4 Å². The maximum absolute atomic E-state index is 13.5. The molecular weight excluding hydrogens is 431 g/mol. The SMILES string of the molecule is CCc1ccc(N2C(=O)C(Nc3cc(Cl)ccc3OC)=C(c3ccc(F)cc3)C2=O)cc1. The minimum absolute atomic E-state index is 0.0572. The van der Waals surface area contributed by atoms with Crippen molar-refractivity contribution in [1.82, 2.24) is 0 Å². The molecular formula is C25H20ClFN2O3. The molecule has 5 nitrogen and oxygen atoms in total. The first-order chi connectivity index (χ1) is 15.4. The van der Waals surface area contributed by atoms with Crippen molar-refractivity contribution in [2.24, 2.45) is 0 Å². The van der Waals surface area contributed by atoms with E-state index in [4.69, 9.17) is 16.3 Å². The summed E-state index contributed by atoms with van der Waals surface area (Å²) < 4.78 is 18.9. The third-order valence-corrected chi connectivity index (χ3v) is 5.48. The van der Waals surface area contributed by atoms with Gasteiger partial charge >= 0.3 is 0 Å². The Labute approximate surface area is 190 Å². The van der Waals surface area contributed by atoms with Crippen molar-refractivity contribution in [3.8, 4) is 5.75 Å². The molecule has 0 unspecified atom stereocenters. The maximum Gasteiger partial charge on any atom is 0.282 e. The number of ether oxygens (including phenoxy) is 1. The van der Waals surface area contributed by atoms with E-state index >= 15 is 0 Å². The predicted octanol–water partition coefficient (Wildman–Crippen LogP) is 5.45. The zero-order valence-corrected chi connectivity index (χ0v) is 18.2. The molecule has 2 amide bonds. The van der Waals surface area contributed by atoms with E-state index in [1.54, 1.807) is 30.3 Å². The molecule has 1 N–H and O–H groups in total. The Morgan fingerprint density at radius 1 is 0.969 bits per heavy atom. The number of anilines is 2. The standard InChI is InChI=1S/C25H20ClFN2O3/c1-3-15-4-11-19(12-5-15)29-24(30)22(16-6-9-18(27)10-7-16)23(25(29)31)28-20-14-17(26)8-13-21(20)32-2/h4-14,28H,3H2,1-2H3. The second-order valence-corrected chi connectivity index (χ2v) is 7.63. The van der Waals surface area contributed by atoms with Gasteiger partial charge in [0, 0.05) is 5.02 Å². The van der Waals surface area contributed by atoms with E-state index in [-0.39, 0.29) is 11.3 Å². The number of aryl methyl sites for hydroxylation is 1. The molecule has 0 aromatic heterocycles. The molecule has 162 valence electrons. The molecule has 4 rings (SSSR count). The van der Waals surface area contributed by atoms with Crippen molar-refractivity contribution >= 4 is 40.4 Å². The van der Waals surface area contributed by atoms with Crippen LogP contribution in [-0.4, -0.2) is 18.9 Å². The minimum Gasteiger partial charge on any atom is -0.495 e. The average molecular weight is 451 g/mol. The summed E-state index contributed by atoms with van der Waals surface area (Å²) in [6.07, 6.45) is 0.836. The molecule has 0 fully saturated rings. The van der Waals surface area contributed by atoms with Crippen LogP contribution in [0, 0.1) is 5.82 Å². The van der Waals surface area contributed by atoms with Gasteiger partial charge in [-0.3, -0.25) is 9.59 Å². The first-order valence-electron chi connectivity index (χ1n) is 10.0. The van der Waals surface area contributed by atoms with Crippen LogP contribution in [0.25, 0.3) is 5.57 Å². The Hall–Kier alpha value is -3.64. The second-order valence-electron chi connectivity index (χ2n) is 7.19. The molecule has 1 heterocycles. The molecule has 7 heteroatoms. The molecule has 1 aliphatic heterocycles. The summed E-state index contributed by atoms with van der Waals surface area (Å²) >= 11 is 6.13. The van der Waals surface area contributed by atoms with E-state index in [9.17, 15) is 14.0 Å². The highest BCUT2D eigenvalue weighted by Gasteiger charge is 2.40. The van der Waals surface area contributed by atoms with Crippen LogP contribution in [0.15, 0.2) is 72.4 Å². The highest BCUT2D eigenvalue weighted by atomic mass is 35.5.